The molecule has 1 aromatic rings. The summed E-state index contributed by atoms with van der Waals surface area (Å²) in [5.74, 6) is 5.13. The van der Waals surface area contributed by atoms with Crippen molar-refractivity contribution in [3.63, 3.8) is 0 Å². The van der Waals surface area contributed by atoms with Crippen LogP contribution >= 0.6 is 0 Å². The van der Waals surface area contributed by atoms with Gasteiger partial charge in [0, 0.05) is 11.8 Å². The molecule has 0 saturated carbocycles. The fraction of sp³-hybridized carbons (Fsp3) is 0.125. The molecule has 0 amide bonds. The molecule has 0 spiro atoms. The van der Waals surface area contributed by atoms with Gasteiger partial charge in [-0.2, -0.15) is 0 Å². The Kier molecular flexibility index (Phi) is 2.47. The van der Waals surface area contributed by atoms with Gasteiger partial charge in [-0.15, -0.1) is 0 Å². The van der Waals surface area contributed by atoms with Gasteiger partial charge in [0.15, 0.2) is 6.29 Å². The molecule has 1 rings (SSSR count). The number of hydrogen-bond acceptors (Lipinski definition) is 2. The van der Waals surface area contributed by atoms with Gasteiger partial charge >= 0.3 is 0 Å². The summed E-state index contributed by atoms with van der Waals surface area (Å²) < 4.78 is 0. The monoisotopic (exact) mass is 149 g/mol. The first-order chi connectivity index (χ1) is 5.36. The van der Waals surface area contributed by atoms with Crippen molar-refractivity contribution in [1.29, 1.82) is 0 Å². The van der Waals surface area contributed by atoms with Crippen LogP contribution in [-0.4, -0.2) is 23.0 Å². The zero-order valence-corrected chi connectivity index (χ0v) is 5.79. The Bertz CT molecular complexity index is 303. The summed E-state index contributed by atoms with van der Waals surface area (Å²) in [4.78, 5) is 12.9. The average molecular weight is 149 g/mol. The van der Waals surface area contributed by atoms with Crippen molar-refractivity contribution in [1.82, 2.24) is 4.98 Å². The van der Waals surface area contributed by atoms with Crippen LogP contribution in [0, 0.1) is 11.8 Å². The summed E-state index contributed by atoms with van der Waals surface area (Å²) >= 11 is 0. The van der Waals surface area contributed by atoms with Crippen molar-refractivity contribution >= 4 is 6.29 Å². The molecule has 0 aliphatic rings. The van der Waals surface area contributed by atoms with Gasteiger partial charge in [0.05, 0.1) is 5.69 Å². The molecule has 0 radical (unpaired) electrons. The van der Waals surface area contributed by atoms with Crippen LogP contribution in [0.2, 0.25) is 0 Å². The first-order valence-corrected chi connectivity index (χ1v) is 3.10. The first-order valence-electron chi connectivity index (χ1n) is 3.10. The largest absolute Gasteiger partial charge is 0.384 e. The van der Waals surface area contributed by atoms with Crippen LogP contribution in [0.1, 0.15) is 16.1 Å². The van der Waals surface area contributed by atoms with E-state index in [9.17, 15) is 4.79 Å². The van der Waals surface area contributed by atoms with Crippen LogP contribution in [0.3, 0.4) is 0 Å². The number of nitrogens with one attached hydrogen (secondary N) is 1. The van der Waals surface area contributed by atoms with Crippen molar-refractivity contribution in [3.05, 3.63) is 23.5 Å². The SMILES string of the molecule is O=Cc1cc(C#CCO)c[nH]1. The lowest BCUT2D eigenvalue weighted by atomic mass is 10.3. The van der Waals surface area contributed by atoms with Gasteiger partial charge in [0.2, 0.25) is 0 Å². The minimum absolute atomic E-state index is 0.165. The lowest BCUT2D eigenvalue weighted by Crippen LogP contribution is -1.73. The third-order valence-corrected chi connectivity index (χ3v) is 1.14. The predicted molar refractivity (Wildman–Crippen MR) is 40.1 cm³/mol. The second-order valence-corrected chi connectivity index (χ2v) is 1.92. The lowest BCUT2D eigenvalue weighted by Gasteiger charge is -1.73. The highest BCUT2D eigenvalue weighted by atomic mass is 16.2. The molecule has 1 aromatic heterocycles. The normalized spacial score (nSPS) is 8.45. The number of aliphatic hydroxyl groups is 1. The van der Waals surface area contributed by atoms with Crippen LogP contribution in [0.25, 0.3) is 0 Å². The second kappa shape index (κ2) is 3.59. The standard InChI is InChI=1S/C8H7NO2/c10-3-1-2-7-4-8(6-11)9-5-7/h4-6,9-10H,3H2. The summed E-state index contributed by atoms with van der Waals surface area (Å²) in [6.07, 6.45) is 2.33. The molecule has 0 unspecified atom stereocenters. The van der Waals surface area contributed by atoms with Crippen molar-refractivity contribution < 1.29 is 9.90 Å². The molecular formula is C8H7NO2. The summed E-state index contributed by atoms with van der Waals surface area (Å²) in [6, 6.07) is 1.62. The minimum Gasteiger partial charge on any atom is -0.384 e. The highest BCUT2D eigenvalue weighted by Crippen LogP contribution is 1.97. The van der Waals surface area contributed by atoms with E-state index in [-0.39, 0.29) is 6.61 Å². The molecule has 0 aliphatic heterocycles. The Morgan fingerprint density at radius 1 is 1.73 bits per heavy atom. The van der Waals surface area contributed by atoms with Gasteiger partial charge < -0.3 is 10.1 Å². The van der Waals surface area contributed by atoms with Crippen molar-refractivity contribution in [2.45, 2.75) is 0 Å². The van der Waals surface area contributed by atoms with Crippen LogP contribution in [0.4, 0.5) is 0 Å². The van der Waals surface area contributed by atoms with Crippen molar-refractivity contribution in [2.75, 3.05) is 6.61 Å². The van der Waals surface area contributed by atoms with E-state index in [1.165, 1.54) is 0 Å². The zero-order chi connectivity index (χ0) is 8.10. The molecule has 0 fully saturated rings. The van der Waals surface area contributed by atoms with Gasteiger partial charge in [-0.3, -0.25) is 4.79 Å². The van der Waals surface area contributed by atoms with E-state index in [1.54, 1.807) is 12.3 Å². The van der Waals surface area contributed by atoms with E-state index in [4.69, 9.17) is 5.11 Å². The molecule has 1 heterocycles. The van der Waals surface area contributed by atoms with Crippen molar-refractivity contribution in [2.24, 2.45) is 0 Å². The average Bonchev–Trinajstić information content (AvgIpc) is 2.48. The highest BCUT2D eigenvalue weighted by Gasteiger charge is 1.91. The Labute approximate surface area is 64.1 Å². The van der Waals surface area contributed by atoms with Crippen LogP contribution in [0.15, 0.2) is 12.3 Å². The molecule has 0 bridgehead atoms. The summed E-state index contributed by atoms with van der Waals surface area (Å²) in [5, 5.41) is 8.34. The number of rotatable bonds is 1. The molecular weight excluding hydrogens is 142 g/mol. The summed E-state index contributed by atoms with van der Waals surface area (Å²) in [5.41, 5.74) is 1.20. The molecule has 0 saturated heterocycles. The molecule has 2 N–H and O–H groups in total. The fourth-order valence-corrected chi connectivity index (χ4v) is 0.694. The second-order valence-electron chi connectivity index (χ2n) is 1.92. The van der Waals surface area contributed by atoms with E-state index in [0.717, 1.165) is 0 Å². The maximum absolute atomic E-state index is 10.2. The smallest absolute Gasteiger partial charge is 0.166 e. The molecule has 0 aliphatic carbocycles. The summed E-state index contributed by atoms with van der Waals surface area (Å²) in [6.45, 7) is -0.165. The van der Waals surface area contributed by atoms with E-state index in [2.05, 4.69) is 16.8 Å². The maximum Gasteiger partial charge on any atom is 0.166 e. The number of aldehydes is 1. The first kappa shape index (κ1) is 7.58. The molecule has 3 nitrogen and oxygen atoms in total. The van der Waals surface area contributed by atoms with Crippen LogP contribution in [-0.2, 0) is 0 Å². The highest BCUT2D eigenvalue weighted by molar-refractivity contribution is 5.72. The number of aliphatic hydroxyl groups excluding tert-OH is 1. The molecule has 3 heteroatoms. The number of aromatic nitrogens is 1. The fourth-order valence-electron chi connectivity index (χ4n) is 0.694. The van der Waals surface area contributed by atoms with Gasteiger partial charge in [-0.1, -0.05) is 11.8 Å². The topological polar surface area (TPSA) is 53.1 Å². The Morgan fingerprint density at radius 2 is 2.55 bits per heavy atom. The van der Waals surface area contributed by atoms with Gasteiger partial charge in [0.1, 0.15) is 6.61 Å². The quantitative estimate of drug-likeness (QED) is 0.441. The number of H-pyrrole nitrogens is 1. The maximum atomic E-state index is 10.2. The Balaban J connectivity index is 2.80. The third kappa shape index (κ3) is 1.95. The minimum atomic E-state index is -0.165. The Morgan fingerprint density at radius 3 is 3.09 bits per heavy atom. The predicted octanol–water partition coefficient (Wildman–Crippen LogP) is 0.171. The van der Waals surface area contributed by atoms with Gasteiger partial charge in [-0.05, 0) is 6.07 Å². The number of carbonyl (C=O) groups excluding carboxylic acids is 1. The summed E-state index contributed by atoms with van der Waals surface area (Å²) in [7, 11) is 0. The third-order valence-electron chi connectivity index (χ3n) is 1.14. The van der Waals surface area contributed by atoms with E-state index >= 15 is 0 Å². The van der Waals surface area contributed by atoms with Crippen molar-refractivity contribution in [3.8, 4) is 11.8 Å². The Hall–Kier alpha value is -1.53. The van der Waals surface area contributed by atoms with Crippen LogP contribution < -0.4 is 0 Å². The number of carbonyl (C=O) groups is 1. The molecule has 0 aromatic carbocycles. The van der Waals surface area contributed by atoms with E-state index in [0.29, 0.717) is 17.5 Å². The van der Waals surface area contributed by atoms with E-state index in [1.807, 2.05) is 0 Å². The molecule has 56 valence electrons. The molecule has 11 heavy (non-hydrogen) atoms. The lowest BCUT2D eigenvalue weighted by molar-refractivity contribution is 0.111. The van der Waals surface area contributed by atoms with E-state index < -0.39 is 0 Å². The number of hydrogen-bond donors (Lipinski definition) is 2. The van der Waals surface area contributed by atoms with Crippen LogP contribution in [0.5, 0.6) is 0 Å². The number of aromatic amines is 1. The zero-order valence-electron chi connectivity index (χ0n) is 5.79. The van der Waals surface area contributed by atoms with Gasteiger partial charge in [-0.25, -0.2) is 0 Å². The van der Waals surface area contributed by atoms with Gasteiger partial charge in [0.25, 0.3) is 0 Å². The molecule has 0 atom stereocenters.